The van der Waals surface area contributed by atoms with Gasteiger partial charge in [-0.05, 0) is 31.3 Å². The van der Waals surface area contributed by atoms with Crippen LogP contribution in [0, 0.1) is 0 Å². The Balaban J connectivity index is 1.53. The molecule has 0 bridgehead atoms. The summed E-state index contributed by atoms with van der Waals surface area (Å²) < 4.78 is 0. The SMILES string of the molecule is CN1CCN(c2ccccc2NC(=O)C2=NN(c3ccccc3)C(=O)CC2)CC1. The molecule has 1 N–H and O–H groups in total. The highest BCUT2D eigenvalue weighted by atomic mass is 16.2. The number of rotatable bonds is 4. The van der Waals surface area contributed by atoms with Crippen molar-refractivity contribution < 1.29 is 9.59 Å². The van der Waals surface area contributed by atoms with Crippen molar-refractivity contribution in [2.24, 2.45) is 5.10 Å². The molecule has 0 aromatic heterocycles. The first-order valence-electron chi connectivity index (χ1n) is 9.91. The van der Waals surface area contributed by atoms with E-state index in [1.807, 2.05) is 54.6 Å². The Morgan fingerprint density at radius 2 is 1.62 bits per heavy atom. The molecular weight excluding hydrogens is 366 g/mol. The van der Waals surface area contributed by atoms with Crippen LogP contribution in [0.5, 0.6) is 0 Å². The van der Waals surface area contributed by atoms with Crippen molar-refractivity contribution in [3.05, 3.63) is 54.6 Å². The van der Waals surface area contributed by atoms with E-state index in [-0.39, 0.29) is 18.2 Å². The van der Waals surface area contributed by atoms with Crippen LogP contribution in [-0.2, 0) is 9.59 Å². The fourth-order valence-electron chi connectivity index (χ4n) is 3.58. The molecule has 150 valence electrons. The number of nitrogens with one attached hydrogen (secondary N) is 1. The van der Waals surface area contributed by atoms with Gasteiger partial charge in [-0.3, -0.25) is 9.59 Å². The number of anilines is 3. The highest BCUT2D eigenvalue weighted by molar-refractivity contribution is 6.44. The maximum atomic E-state index is 12.9. The quantitative estimate of drug-likeness (QED) is 0.870. The van der Waals surface area contributed by atoms with E-state index in [1.165, 1.54) is 5.01 Å². The van der Waals surface area contributed by atoms with E-state index in [2.05, 4.69) is 27.3 Å². The predicted octanol–water partition coefficient (Wildman–Crippen LogP) is 2.56. The zero-order valence-corrected chi connectivity index (χ0v) is 16.5. The van der Waals surface area contributed by atoms with Crippen LogP contribution in [0.25, 0.3) is 0 Å². The van der Waals surface area contributed by atoms with Crippen LogP contribution in [0.1, 0.15) is 12.8 Å². The second-order valence-electron chi connectivity index (χ2n) is 7.35. The summed E-state index contributed by atoms with van der Waals surface area (Å²) in [6.45, 7) is 3.81. The number of carbonyl (C=O) groups is 2. The third-order valence-electron chi connectivity index (χ3n) is 5.29. The molecule has 0 saturated carbocycles. The van der Waals surface area contributed by atoms with Gasteiger partial charge in [0, 0.05) is 39.0 Å². The van der Waals surface area contributed by atoms with E-state index < -0.39 is 0 Å². The van der Waals surface area contributed by atoms with Crippen molar-refractivity contribution in [2.75, 3.05) is 48.5 Å². The Labute approximate surface area is 170 Å². The molecule has 0 aliphatic carbocycles. The Morgan fingerprint density at radius 1 is 0.931 bits per heavy atom. The monoisotopic (exact) mass is 391 g/mol. The van der Waals surface area contributed by atoms with Crippen molar-refractivity contribution in [1.29, 1.82) is 0 Å². The van der Waals surface area contributed by atoms with Gasteiger partial charge in [0.15, 0.2) is 0 Å². The van der Waals surface area contributed by atoms with Gasteiger partial charge in [-0.25, -0.2) is 5.01 Å². The maximum absolute atomic E-state index is 12.9. The number of hydrogen-bond donors (Lipinski definition) is 1. The fourth-order valence-corrected chi connectivity index (χ4v) is 3.58. The summed E-state index contributed by atoms with van der Waals surface area (Å²) >= 11 is 0. The second-order valence-corrected chi connectivity index (χ2v) is 7.35. The van der Waals surface area contributed by atoms with Gasteiger partial charge in [-0.1, -0.05) is 30.3 Å². The topological polar surface area (TPSA) is 68.2 Å². The largest absolute Gasteiger partial charge is 0.367 e. The molecule has 7 heteroatoms. The number of carbonyl (C=O) groups excluding carboxylic acids is 2. The summed E-state index contributed by atoms with van der Waals surface area (Å²) in [6.07, 6.45) is 0.603. The third-order valence-corrected chi connectivity index (χ3v) is 5.29. The molecule has 29 heavy (non-hydrogen) atoms. The first-order chi connectivity index (χ1) is 14.1. The molecule has 1 saturated heterocycles. The first kappa shape index (κ1) is 19.1. The number of amides is 2. The van der Waals surface area contributed by atoms with Crippen LogP contribution in [0.15, 0.2) is 59.7 Å². The Hall–Kier alpha value is -3.19. The van der Waals surface area contributed by atoms with E-state index in [0.717, 1.165) is 37.6 Å². The van der Waals surface area contributed by atoms with Crippen molar-refractivity contribution in [3.63, 3.8) is 0 Å². The molecule has 2 heterocycles. The lowest BCUT2D eigenvalue weighted by molar-refractivity contribution is -0.118. The highest BCUT2D eigenvalue weighted by Gasteiger charge is 2.26. The van der Waals surface area contributed by atoms with Crippen molar-refractivity contribution in [2.45, 2.75) is 12.8 Å². The van der Waals surface area contributed by atoms with Crippen LogP contribution in [0.3, 0.4) is 0 Å². The zero-order chi connectivity index (χ0) is 20.2. The van der Waals surface area contributed by atoms with Crippen molar-refractivity contribution in [1.82, 2.24) is 4.90 Å². The number of hydrogen-bond acceptors (Lipinski definition) is 5. The Bertz CT molecular complexity index is 920. The minimum Gasteiger partial charge on any atom is -0.367 e. The summed E-state index contributed by atoms with van der Waals surface area (Å²) in [4.78, 5) is 29.8. The normalized spacial score (nSPS) is 17.8. The molecule has 2 aliphatic rings. The molecule has 1 fully saturated rings. The molecule has 2 aliphatic heterocycles. The van der Waals surface area contributed by atoms with Crippen LogP contribution in [0.2, 0.25) is 0 Å². The minimum absolute atomic E-state index is 0.106. The molecule has 2 aromatic carbocycles. The number of benzene rings is 2. The van der Waals surface area contributed by atoms with Gasteiger partial charge in [0.05, 0.1) is 17.1 Å². The summed E-state index contributed by atoms with van der Waals surface area (Å²) in [5.74, 6) is -0.370. The van der Waals surface area contributed by atoms with Crippen molar-refractivity contribution >= 4 is 34.6 Å². The summed E-state index contributed by atoms with van der Waals surface area (Å²) in [7, 11) is 2.12. The lowest BCUT2D eigenvalue weighted by atomic mass is 10.1. The number of piperazine rings is 1. The smallest absolute Gasteiger partial charge is 0.271 e. The fraction of sp³-hybridized carbons (Fsp3) is 0.318. The molecular formula is C22H25N5O2. The Morgan fingerprint density at radius 3 is 2.38 bits per heavy atom. The van der Waals surface area contributed by atoms with Gasteiger partial charge in [0.1, 0.15) is 5.71 Å². The molecule has 4 rings (SSSR count). The molecule has 0 radical (unpaired) electrons. The van der Waals surface area contributed by atoms with Crippen LogP contribution in [0.4, 0.5) is 17.1 Å². The van der Waals surface area contributed by atoms with E-state index >= 15 is 0 Å². The predicted molar refractivity (Wildman–Crippen MR) is 115 cm³/mol. The summed E-state index contributed by atoms with van der Waals surface area (Å²) in [5.41, 5.74) is 2.82. The van der Waals surface area contributed by atoms with Gasteiger partial charge in [0.2, 0.25) is 5.91 Å². The summed E-state index contributed by atoms with van der Waals surface area (Å²) in [5, 5.41) is 8.69. The molecule has 0 spiro atoms. The minimum atomic E-state index is -0.264. The van der Waals surface area contributed by atoms with E-state index in [4.69, 9.17) is 0 Å². The number of para-hydroxylation sites is 3. The number of likely N-dealkylation sites (N-methyl/N-ethyl adjacent to an activating group) is 1. The molecule has 0 atom stereocenters. The molecule has 2 aromatic rings. The van der Waals surface area contributed by atoms with Crippen molar-refractivity contribution in [3.8, 4) is 0 Å². The third kappa shape index (κ3) is 4.30. The first-order valence-corrected chi connectivity index (χ1v) is 9.91. The van der Waals surface area contributed by atoms with Gasteiger partial charge in [-0.2, -0.15) is 5.10 Å². The lowest BCUT2D eigenvalue weighted by Gasteiger charge is -2.35. The number of hydrazone groups is 1. The average Bonchev–Trinajstić information content (AvgIpc) is 2.76. The zero-order valence-electron chi connectivity index (χ0n) is 16.5. The standard InChI is InChI=1S/C22H25N5O2/c1-25-13-15-26(16-14-25)20-10-6-5-9-18(20)23-22(29)19-11-12-21(28)27(24-19)17-7-3-2-4-8-17/h2-10H,11-16H2,1H3,(H,23,29). The average molecular weight is 391 g/mol. The molecule has 0 unspecified atom stereocenters. The van der Waals surface area contributed by atoms with Crippen LogP contribution >= 0.6 is 0 Å². The van der Waals surface area contributed by atoms with Gasteiger partial charge in [0.25, 0.3) is 5.91 Å². The molecule has 7 nitrogen and oxygen atoms in total. The van der Waals surface area contributed by atoms with E-state index in [9.17, 15) is 9.59 Å². The van der Waals surface area contributed by atoms with Gasteiger partial charge in [-0.15, -0.1) is 0 Å². The maximum Gasteiger partial charge on any atom is 0.271 e. The second kappa shape index (κ2) is 8.45. The van der Waals surface area contributed by atoms with E-state index in [0.29, 0.717) is 17.8 Å². The summed E-state index contributed by atoms with van der Waals surface area (Å²) in [6, 6.07) is 17.0. The van der Waals surface area contributed by atoms with Crippen LogP contribution < -0.4 is 15.2 Å². The van der Waals surface area contributed by atoms with Gasteiger partial charge < -0.3 is 15.1 Å². The number of nitrogens with zero attached hydrogens (tertiary/aromatic N) is 4. The van der Waals surface area contributed by atoms with Gasteiger partial charge >= 0.3 is 0 Å². The highest BCUT2D eigenvalue weighted by Crippen LogP contribution is 2.27. The molecule has 2 amide bonds. The van der Waals surface area contributed by atoms with Crippen LogP contribution in [-0.4, -0.2) is 55.7 Å². The van der Waals surface area contributed by atoms with E-state index in [1.54, 1.807) is 0 Å². The lowest BCUT2D eigenvalue weighted by Crippen LogP contribution is -2.44. The Kier molecular flexibility index (Phi) is 5.57.